The maximum Gasteiger partial charge on any atom is 0.166 e. The van der Waals surface area contributed by atoms with Crippen LogP contribution in [0.15, 0.2) is 24.3 Å². The van der Waals surface area contributed by atoms with Gasteiger partial charge in [0.2, 0.25) is 0 Å². The van der Waals surface area contributed by atoms with Crippen molar-refractivity contribution in [2.45, 2.75) is 25.4 Å². The van der Waals surface area contributed by atoms with E-state index < -0.39 is 0 Å². The van der Waals surface area contributed by atoms with Crippen molar-refractivity contribution in [1.29, 1.82) is 0 Å². The van der Waals surface area contributed by atoms with Gasteiger partial charge in [-0.05, 0) is 37.2 Å². The monoisotopic (exact) mass is 321 g/mol. The van der Waals surface area contributed by atoms with Gasteiger partial charge in [0.15, 0.2) is 5.11 Å². The number of aromatic nitrogens is 1. The molecule has 0 saturated carbocycles. The largest absolute Gasteiger partial charge is 0.376 e. The number of thiocarbonyl (C=S) groups is 1. The molecule has 21 heavy (non-hydrogen) atoms. The third-order valence-electron chi connectivity index (χ3n) is 3.48. The first-order chi connectivity index (χ1) is 10.3. The summed E-state index contributed by atoms with van der Waals surface area (Å²) in [5.74, 6) is 0. The molecule has 6 heteroatoms. The average Bonchev–Trinajstić information content (AvgIpc) is 3.14. The molecule has 1 aromatic heterocycles. The van der Waals surface area contributed by atoms with Crippen LogP contribution >= 0.6 is 23.6 Å². The van der Waals surface area contributed by atoms with E-state index in [1.54, 1.807) is 11.3 Å². The molecular formula is C15H19N3OS2. The molecule has 2 N–H and O–H groups in total. The zero-order valence-corrected chi connectivity index (χ0v) is 13.4. The number of nitrogens with one attached hydrogen (secondary N) is 2. The number of rotatable bonds is 5. The van der Waals surface area contributed by atoms with Crippen molar-refractivity contribution in [2.24, 2.45) is 0 Å². The fraction of sp³-hybridized carbons (Fsp3) is 0.467. The number of nitrogens with zero attached hydrogens (tertiary/aromatic N) is 1. The van der Waals surface area contributed by atoms with Gasteiger partial charge in [-0.3, -0.25) is 0 Å². The van der Waals surface area contributed by atoms with E-state index in [1.165, 1.54) is 4.70 Å². The molecule has 4 nitrogen and oxygen atoms in total. The summed E-state index contributed by atoms with van der Waals surface area (Å²) in [6.07, 6.45) is 3.49. The Labute approximate surface area is 133 Å². The van der Waals surface area contributed by atoms with E-state index in [1.807, 2.05) is 12.1 Å². The topological polar surface area (TPSA) is 46.2 Å². The second-order valence-electron chi connectivity index (χ2n) is 5.10. The minimum absolute atomic E-state index is 0.314. The van der Waals surface area contributed by atoms with Gasteiger partial charge in [-0.1, -0.05) is 12.1 Å². The van der Waals surface area contributed by atoms with Gasteiger partial charge in [-0.2, -0.15) is 0 Å². The molecule has 1 aliphatic rings. The second-order valence-corrected chi connectivity index (χ2v) is 6.62. The van der Waals surface area contributed by atoms with Gasteiger partial charge >= 0.3 is 0 Å². The molecule has 0 aliphatic carbocycles. The van der Waals surface area contributed by atoms with E-state index in [0.717, 1.165) is 49.5 Å². The molecule has 1 aliphatic heterocycles. The first kappa shape index (κ1) is 14.7. The van der Waals surface area contributed by atoms with Gasteiger partial charge in [0, 0.05) is 26.1 Å². The number of hydrogen-bond donors (Lipinski definition) is 2. The summed E-state index contributed by atoms with van der Waals surface area (Å²) < 4.78 is 6.79. The number of ether oxygens (including phenoxy) is 1. The van der Waals surface area contributed by atoms with E-state index in [9.17, 15) is 0 Å². The minimum atomic E-state index is 0.314. The third-order valence-corrected chi connectivity index (χ3v) is 4.86. The van der Waals surface area contributed by atoms with Crippen molar-refractivity contribution in [3.8, 4) is 0 Å². The molecule has 112 valence electrons. The molecule has 1 atom stereocenters. The lowest BCUT2D eigenvalue weighted by Crippen LogP contribution is -2.40. The van der Waals surface area contributed by atoms with Crippen molar-refractivity contribution < 1.29 is 4.74 Å². The summed E-state index contributed by atoms with van der Waals surface area (Å²) in [5, 5.41) is 8.29. The molecule has 0 radical (unpaired) electrons. The molecule has 3 rings (SSSR count). The first-order valence-corrected chi connectivity index (χ1v) is 8.51. The number of fused-ring (bicyclic) bond motifs is 1. The summed E-state index contributed by atoms with van der Waals surface area (Å²) >= 11 is 7.02. The van der Waals surface area contributed by atoms with E-state index in [2.05, 4.69) is 27.8 Å². The third kappa shape index (κ3) is 4.12. The predicted octanol–water partition coefficient (Wildman–Crippen LogP) is 2.48. The van der Waals surface area contributed by atoms with E-state index in [0.29, 0.717) is 11.2 Å². The highest BCUT2D eigenvalue weighted by Gasteiger charge is 2.15. The minimum Gasteiger partial charge on any atom is -0.376 e. The molecule has 0 amide bonds. The Morgan fingerprint density at radius 2 is 2.29 bits per heavy atom. The van der Waals surface area contributed by atoms with Crippen LogP contribution in [0.3, 0.4) is 0 Å². The highest BCUT2D eigenvalue weighted by Crippen LogP contribution is 2.21. The van der Waals surface area contributed by atoms with Gasteiger partial charge in [-0.15, -0.1) is 11.3 Å². The van der Waals surface area contributed by atoms with Gasteiger partial charge in [0.25, 0.3) is 0 Å². The van der Waals surface area contributed by atoms with Crippen LogP contribution in [0.25, 0.3) is 10.2 Å². The maximum atomic E-state index is 5.55. The maximum absolute atomic E-state index is 5.55. The van der Waals surface area contributed by atoms with Crippen LogP contribution in [0.1, 0.15) is 17.8 Å². The Kier molecular flexibility index (Phi) is 5.00. The number of benzene rings is 1. The number of hydrogen-bond acceptors (Lipinski definition) is 4. The molecule has 0 unspecified atom stereocenters. The Hall–Kier alpha value is -1.24. The van der Waals surface area contributed by atoms with Crippen molar-refractivity contribution in [3.63, 3.8) is 0 Å². The van der Waals surface area contributed by atoms with Crippen LogP contribution < -0.4 is 10.6 Å². The fourth-order valence-corrected chi connectivity index (χ4v) is 3.54. The lowest BCUT2D eigenvalue weighted by atomic mass is 10.2. The fourth-order valence-electron chi connectivity index (χ4n) is 2.38. The van der Waals surface area contributed by atoms with E-state index >= 15 is 0 Å². The Balaban J connectivity index is 1.39. The zero-order chi connectivity index (χ0) is 14.5. The molecule has 1 fully saturated rings. The van der Waals surface area contributed by atoms with Gasteiger partial charge in [-0.25, -0.2) is 4.98 Å². The lowest BCUT2D eigenvalue weighted by Gasteiger charge is -2.13. The smallest absolute Gasteiger partial charge is 0.166 e. The molecule has 0 spiro atoms. The van der Waals surface area contributed by atoms with Crippen LogP contribution in [0.5, 0.6) is 0 Å². The van der Waals surface area contributed by atoms with Crippen LogP contribution in [0.4, 0.5) is 0 Å². The summed E-state index contributed by atoms with van der Waals surface area (Å²) in [7, 11) is 0. The van der Waals surface area contributed by atoms with Crippen molar-refractivity contribution in [1.82, 2.24) is 15.6 Å². The lowest BCUT2D eigenvalue weighted by molar-refractivity contribution is 0.114. The Morgan fingerprint density at radius 3 is 3.10 bits per heavy atom. The summed E-state index contributed by atoms with van der Waals surface area (Å²) in [6.45, 7) is 2.48. The highest BCUT2D eigenvalue weighted by molar-refractivity contribution is 7.80. The molecule has 2 heterocycles. The predicted molar refractivity (Wildman–Crippen MR) is 90.9 cm³/mol. The summed E-state index contributed by atoms with van der Waals surface area (Å²) in [6, 6.07) is 8.23. The first-order valence-electron chi connectivity index (χ1n) is 7.29. The van der Waals surface area contributed by atoms with Gasteiger partial charge in [0.05, 0.1) is 21.3 Å². The Bertz CT molecular complexity index is 575. The standard InChI is InChI=1S/C15H19N3OS2/c20-15(17-10-11-4-3-9-19-11)16-8-7-14-18-12-5-1-2-6-13(12)21-14/h1-2,5-6,11H,3-4,7-10H2,(H2,16,17,20)/t11-/m1/s1. The van der Waals surface area contributed by atoms with Gasteiger partial charge < -0.3 is 15.4 Å². The zero-order valence-electron chi connectivity index (χ0n) is 11.8. The van der Waals surface area contributed by atoms with Crippen LogP contribution in [0, 0.1) is 0 Å². The normalized spacial score (nSPS) is 18.0. The van der Waals surface area contributed by atoms with Crippen molar-refractivity contribution in [3.05, 3.63) is 29.3 Å². The molecule has 0 bridgehead atoms. The summed E-state index contributed by atoms with van der Waals surface area (Å²) in [5.41, 5.74) is 1.08. The van der Waals surface area contributed by atoms with Crippen LogP contribution in [-0.2, 0) is 11.2 Å². The molecule has 2 aromatic rings. The van der Waals surface area contributed by atoms with Crippen LogP contribution in [0.2, 0.25) is 0 Å². The van der Waals surface area contributed by atoms with E-state index in [-0.39, 0.29) is 0 Å². The second kappa shape index (κ2) is 7.15. The number of para-hydroxylation sites is 1. The summed E-state index contributed by atoms with van der Waals surface area (Å²) in [4.78, 5) is 4.61. The van der Waals surface area contributed by atoms with E-state index in [4.69, 9.17) is 17.0 Å². The molecule has 1 saturated heterocycles. The highest BCUT2D eigenvalue weighted by atomic mass is 32.1. The van der Waals surface area contributed by atoms with Crippen molar-refractivity contribution >= 4 is 38.9 Å². The quantitative estimate of drug-likeness (QED) is 0.829. The van der Waals surface area contributed by atoms with Crippen molar-refractivity contribution in [2.75, 3.05) is 19.7 Å². The Morgan fingerprint density at radius 1 is 1.38 bits per heavy atom. The SMILES string of the molecule is S=C(NCCc1nc2ccccc2s1)NC[C@H]1CCCO1. The van der Waals surface area contributed by atoms with Crippen LogP contribution in [-0.4, -0.2) is 35.9 Å². The average molecular weight is 321 g/mol. The van der Waals surface area contributed by atoms with Gasteiger partial charge in [0.1, 0.15) is 0 Å². The molecule has 1 aromatic carbocycles. The molecular weight excluding hydrogens is 302 g/mol. The number of thiazole rings is 1.